The molecular weight excluding hydrogens is 923 g/mol. The maximum absolute atomic E-state index is 13.1. The van der Waals surface area contributed by atoms with E-state index in [0.29, 0.717) is 6.42 Å². The van der Waals surface area contributed by atoms with Crippen molar-refractivity contribution in [2.75, 3.05) is 13.2 Å². The van der Waals surface area contributed by atoms with E-state index >= 15 is 0 Å². The number of hydrogen-bond donors (Lipinski definition) is 6. The van der Waals surface area contributed by atoms with Crippen LogP contribution < -0.4 is 5.32 Å². The minimum absolute atomic E-state index is 0.168. The molecule has 0 aliphatic carbocycles. The Morgan fingerprint density at radius 3 is 1.05 bits per heavy atom. The Labute approximate surface area is 458 Å². The fourth-order valence-corrected chi connectivity index (χ4v) is 10.9. The smallest absolute Gasteiger partial charge is 0.220 e. The predicted octanol–water partition coefficient (Wildman–Crippen LogP) is 17.1. The molecule has 0 saturated carbocycles. The molecule has 1 rings (SSSR count). The monoisotopic (exact) mass is 1050 g/mol. The molecule has 440 valence electrons. The van der Waals surface area contributed by atoms with E-state index in [1.54, 1.807) is 6.08 Å². The zero-order valence-corrected chi connectivity index (χ0v) is 49.1. The Kier molecular flexibility index (Phi) is 53.0. The van der Waals surface area contributed by atoms with Crippen molar-refractivity contribution in [3.8, 4) is 0 Å². The lowest BCUT2D eigenvalue weighted by molar-refractivity contribution is -0.302. The highest BCUT2D eigenvalue weighted by molar-refractivity contribution is 5.76. The second-order valence-electron chi connectivity index (χ2n) is 23.3. The van der Waals surface area contributed by atoms with Gasteiger partial charge >= 0.3 is 0 Å². The normalized spacial score (nSPS) is 18.9. The molecule has 1 aliphatic rings. The third-order valence-corrected chi connectivity index (χ3v) is 16.1. The third-order valence-electron chi connectivity index (χ3n) is 16.1. The van der Waals surface area contributed by atoms with Gasteiger partial charge in [-0.2, -0.15) is 0 Å². The van der Waals surface area contributed by atoms with Gasteiger partial charge < -0.3 is 40.3 Å². The van der Waals surface area contributed by atoms with Crippen molar-refractivity contribution in [1.29, 1.82) is 0 Å². The number of ether oxygens (including phenoxy) is 2. The Morgan fingerprint density at radius 1 is 0.446 bits per heavy atom. The van der Waals surface area contributed by atoms with Gasteiger partial charge in [0.1, 0.15) is 24.4 Å². The van der Waals surface area contributed by atoms with Crippen LogP contribution in [0.1, 0.15) is 341 Å². The number of amides is 1. The van der Waals surface area contributed by atoms with Crippen LogP contribution in [0.15, 0.2) is 12.2 Å². The van der Waals surface area contributed by atoms with Crippen LogP contribution in [-0.4, -0.2) is 87.5 Å². The van der Waals surface area contributed by atoms with Crippen LogP contribution in [0.4, 0.5) is 0 Å². The van der Waals surface area contributed by atoms with Crippen LogP contribution >= 0.6 is 0 Å². The molecule has 0 spiro atoms. The summed E-state index contributed by atoms with van der Waals surface area (Å²) in [7, 11) is 0. The van der Waals surface area contributed by atoms with Gasteiger partial charge in [-0.25, -0.2) is 0 Å². The lowest BCUT2D eigenvalue weighted by Crippen LogP contribution is -2.60. The van der Waals surface area contributed by atoms with E-state index in [1.165, 1.54) is 283 Å². The van der Waals surface area contributed by atoms with Crippen LogP contribution in [0.2, 0.25) is 0 Å². The van der Waals surface area contributed by atoms with E-state index in [2.05, 4.69) is 19.2 Å². The van der Waals surface area contributed by atoms with Crippen LogP contribution in [0.3, 0.4) is 0 Å². The van der Waals surface area contributed by atoms with Crippen molar-refractivity contribution < 1.29 is 39.8 Å². The fourth-order valence-electron chi connectivity index (χ4n) is 10.9. The molecule has 0 aromatic rings. The van der Waals surface area contributed by atoms with Gasteiger partial charge in [0.05, 0.1) is 25.4 Å². The van der Waals surface area contributed by atoms with Crippen LogP contribution in [0.5, 0.6) is 0 Å². The van der Waals surface area contributed by atoms with E-state index < -0.39 is 49.5 Å². The van der Waals surface area contributed by atoms with Gasteiger partial charge in [-0.05, 0) is 19.3 Å². The van der Waals surface area contributed by atoms with E-state index in [9.17, 15) is 30.3 Å². The highest BCUT2D eigenvalue weighted by Gasteiger charge is 2.44. The van der Waals surface area contributed by atoms with Crippen molar-refractivity contribution in [2.24, 2.45) is 0 Å². The second-order valence-corrected chi connectivity index (χ2v) is 23.3. The topological polar surface area (TPSA) is 149 Å². The van der Waals surface area contributed by atoms with E-state index in [1.807, 2.05) is 6.08 Å². The number of rotatable bonds is 58. The first-order valence-electron chi connectivity index (χ1n) is 32.9. The maximum atomic E-state index is 13.1. The lowest BCUT2D eigenvalue weighted by atomic mass is 9.99. The van der Waals surface area contributed by atoms with E-state index in [0.717, 1.165) is 38.5 Å². The third kappa shape index (κ3) is 43.9. The maximum Gasteiger partial charge on any atom is 0.220 e. The molecule has 1 fully saturated rings. The summed E-state index contributed by atoms with van der Waals surface area (Å²) in [6.07, 6.45) is 63.2. The average Bonchev–Trinajstić information content (AvgIpc) is 3.40. The van der Waals surface area contributed by atoms with E-state index in [4.69, 9.17) is 9.47 Å². The van der Waals surface area contributed by atoms with Crippen molar-refractivity contribution in [3.63, 3.8) is 0 Å². The number of unbranched alkanes of at least 4 members (excludes halogenated alkanes) is 48. The largest absolute Gasteiger partial charge is 0.394 e. The predicted molar refractivity (Wildman–Crippen MR) is 314 cm³/mol. The number of nitrogens with one attached hydrogen (secondary N) is 1. The minimum Gasteiger partial charge on any atom is -0.394 e. The molecule has 7 atom stereocenters. The first-order valence-corrected chi connectivity index (χ1v) is 32.9. The average molecular weight is 1050 g/mol. The first-order chi connectivity index (χ1) is 36.3. The van der Waals surface area contributed by atoms with Gasteiger partial charge in [-0.1, -0.05) is 328 Å². The summed E-state index contributed by atoms with van der Waals surface area (Å²) in [5, 5.41) is 54.6. The van der Waals surface area contributed by atoms with Crippen molar-refractivity contribution in [2.45, 2.75) is 384 Å². The minimum atomic E-state index is -1.56. The summed E-state index contributed by atoms with van der Waals surface area (Å²) in [5.74, 6) is -0.168. The van der Waals surface area contributed by atoms with Crippen LogP contribution in [0, 0.1) is 0 Å². The Morgan fingerprint density at radius 2 is 0.743 bits per heavy atom. The van der Waals surface area contributed by atoms with Gasteiger partial charge in [-0.15, -0.1) is 0 Å². The molecule has 9 nitrogen and oxygen atoms in total. The highest BCUT2D eigenvalue weighted by Crippen LogP contribution is 2.23. The number of carbonyl (C=O) groups is 1. The fraction of sp³-hybridized carbons (Fsp3) is 0.954. The molecule has 0 aromatic heterocycles. The number of carbonyl (C=O) groups excluding carboxylic acids is 1. The molecular formula is C65H127NO8. The zero-order chi connectivity index (χ0) is 53.6. The summed E-state index contributed by atoms with van der Waals surface area (Å²) in [5.41, 5.74) is 0. The lowest BCUT2D eigenvalue weighted by Gasteiger charge is -2.40. The molecule has 1 heterocycles. The SMILES string of the molecule is CCCCCCCCCCCCCCCCC/C=C/[C@@H](O)[C@H](CO[C@@H]1O[C@H](CO)[C@@H](O)C(O)C1O)NC(=O)CCCCCCCCCCCCCCCCCCCCCCCCCCCCCCCCCCCC. The molecule has 0 radical (unpaired) electrons. The molecule has 74 heavy (non-hydrogen) atoms. The van der Waals surface area contributed by atoms with Gasteiger partial charge in [0, 0.05) is 6.42 Å². The van der Waals surface area contributed by atoms with Crippen molar-refractivity contribution in [3.05, 3.63) is 12.2 Å². The van der Waals surface area contributed by atoms with Gasteiger partial charge in [0.25, 0.3) is 0 Å². The Hall–Kier alpha value is -1.07. The molecule has 1 aliphatic heterocycles. The molecule has 0 aromatic carbocycles. The summed E-state index contributed by atoms with van der Waals surface area (Å²) in [4.78, 5) is 13.1. The molecule has 0 bridgehead atoms. The quantitative estimate of drug-likeness (QED) is 0.0261. The number of allylic oxidation sites excluding steroid dienone is 1. The summed E-state index contributed by atoms with van der Waals surface area (Å²) >= 11 is 0. The second kappa shape index (κ2) is 55.3. The van der Waals surface area contributed by atoms with Crippen molar-refractivity contribution >= 4 is 5.91 Å². The Bertz CT molecular complexity index is 1170. The summed E-state index contributed by atoms with van der Waals surface area (Å²) in [6.45, 7) is 3.83. The Balaban J connectivity index is 2.08. The van der Waals surface area contributed by atoms with Gasteiger partial charge in [0.15, 0.2) is 6.29 Å². The number of aliphatic hydroxyl groups is 5. The molecule has 1 saturated heterocycles. The standard InChI is InChI=1S/C65H127NO8/c1-3-5-7-9-11-13-15-17-19-21-22-23-24-25-26-27-28-29-30-31-32-33-34-35-36-37-39-41-43-45-47-49-51-53-55-61(69)66-58(57-73-65-64(72)63(71)62(70)60(56-67)74-65)59(68)54-52-50-48-46-44-42-40-38-20-18-16-14-12-10-8-6-4-2/h52,54,58-60,62-65,67-68,70-72H,3-51,53,55-57H2,1-2H3,(H,66,69)/b54-52+/t58-,59+,60+,62+,63?,64?,65+/m0/s1. The summed E-state index contributed by atoms with van der Waals surface area (Å²) in [6, 6.07) is -0.801. The molecule has 9 heteroatoms. The molecule has 2 unspecified atom stereocenters. The van der Waals surface area contributed by atoms with Crippen LogP contribution in [-0.2, 0) is 14.3 Å². The molecule has 6 N–H and O–H groups in total. The van der Waals surface area contributed by atoms with Crippen LogP contribution in [0.25, 0.3) is 0 Å². The number of aliphatic hydroxyl groups excluding tert-OH is 5. The molecule has 1 amide bonds. The van der Waals surface area contributed by atoms with E-state index in [-0.39, 0.29) is 12.5 Å². The summed E-state index contributed by atoms with van der Waals surface area (Å²) < 4.78 is 11.3. The first kappa shape index (κ1) is 70.9. The highest BCUT2D eigenvalue weighted by atomic mass is 16.7. The van der Waals surface area contributed by atoms with Gasteiger partial charge in [-0.3, -0.25) is 4.79 Å². The van der Waals surface area contributed by atoms with Crippen molar-refractivity contribution in [1.82, 2.24) is 5.32 Å². The van der Waals surface area contributed by atoms with Gasteiger partial charge in [0.2, 0.25) is 5.91 Å². The number of hydrogen-bond acceptors (Lipinski definition) is 8. The zero-order valence-electron chi connectivity index (χ0n) is 49.1.